The van der Waals surface area contributed by atoms with Crippen LogP contribution in [0.2, 0.25) is 0 Å². The zero-order valence-electron chi connectivity index (χ0n) is 19.3. The van der Waals surface area contributed by atoms with Crippen LogP contribution in [0.25, 0.3) is 0 Å². The van der Waals surface area contributed by atoms with Gasteiger partial charge in [0, 0.05) is 13.2 Å². The van der Waals surface area contributed by atoms with E-state index >= 15 is 0 Å². The molecule has 0 bridgehead atoms. The molecule has 0 atom stereocenters. The maximum atomic E-state index is 11.7. The molecular weight excluding hydrogens is 431 g/mol. The fraction of sp³-hybridized carbons (Fsp3) is 1.00. The van der Waals surface area contributed by atoms with Gasteiger partial charge >= 0.3 is 7.82 Å². The Morgan fingerprint density at radius 1 is 0.484 bits per heavy atom. The van der Waals surface area contributed by atoms with Crippen LogP contribution in [0, 0.1) is 0 Å². The summed E-state index contributed by atoms with van der Waals surface area (Å²) in [5.74, 6) is 0. The molecule has 0 aromatic heterocycles. The van der Waals surface area contributed by atoms with Gasteiger partial charge in [-0.1, -0.05) is 26.7 Å². The average molecular weight is 475 g/mol. The Morgan fingerprint density at radius 3 is 1.03 bits per heavy atom. The molecule has 31 heavy (non-hydrogen) atoms. The lowest BCUT2D eigenvalue weighted by molar-refractivity contribution is 0.00106. The molecule has 0 aromatic carbocycles. The third kappa shape index (κ3) is 26.0. The molecular formula is C20H43O10P. The van der Waals surface area contributed by atoms with Crippen LogP contribution in [-0.4, -0.2) is 97.4 Å². The van der Waals surface area contributed by atoms with E-state index in [4.69, 9.17) is 37.5 Å². The van der Waals surface area contributed by atoms with E-state index in [0.29, 0.717) is 52.9 Å². The van der Waals surface area contributed by atoms with Gasteiger partial charge in [0.25, 0.3) is 0 Å². The lowest BCUT2D eigenvalue weighted by Gasteiger charge is -2.12. The number of hydrogen-bond donors (Lipinski definition) is 1. The van der Waals surface area contributed by atoms with Crippen molar-refractivity contribution in [3.8, 4) is 0 Å². The Balaban J connectivity index is 3.30. The maximum absolute atomic E-state index is 11.7. The molecule has 0 spiro atoms. The monoisotopic (exact) mass is 474 g/mol. The standard InChI is InChI=1S/C20H43O10P/c1-3-5-7-23-9-11-25-13-15-27-17-19-29-31(21,22)30-20-18-28-16-14-26-12-10-24-8-6-4-2/h3-20H2,1-2H3,(H,21,22). The van der Waals surface area contributed by atoms with E-state index in [9.17, 15) is 9.46 Å². The predicted molar refractivity (Wildman–Crippen MR) is 116 cm³/mol. The van der Waals surface area contributed by atoms with Crippen LogP contribution in [0.1, 0.15) is 39.5 Å². The summed E-state index contributed by atoms with van der Waals surface area (Å²) in [4.78, 5) is 9.56. The van der Waals surface area contributed by atoms with Crippen LogP contribution < -0.4 is 0 Å². The minimum atomic E-state index is -4.11. The summed E-state index contributed by atoms with van der Waals surface area (Å²) in [6, 6.07) is 0. The lowest BCUT2D eigenvalue weighted by Crippen LogP contribution is -2.13. The Kier molecular flexibility index (Phi) is 24.4. The van der Waals surface area contributed by atoms with Crippen LogP contribution in [0.4, 0.5) is 0 Å². The van der Waals surface area contributed by atoms with Crippen LogP contribution >= 0.6 is 7.82 Å². The third-order valence-electron chi connectivity index (χ3n) is 3.74. The molecule has 11 heteroatoms. The normalized spacial score (nSPS) is 12.0. The van der Waals surface area contributed by atoms with E-state index in [2.05, 4.69) is 13.8 Å². The molecule has 0 aliphatic heterocycles. The van der Waals surface area contributed by atoms with Gasteiger partial charge in [-0.15, -0.1) is 0 Å². The van der Waals surface area contributed by atoms with Gasteiger partial charge in [-0.25, -0.2) is 4.57 Å². The van der Waals surface area contributed by atoms with Gasteiger partial charge in [-0.3, -0.25) is 9.05 Å². The van der Waals surface area contributed by atoms with Gasteiger partial charge in [0.1, 0.15) is 0 Å². The van der Waals surface area contributed by atoms with Crippen LogP contribution in [0.15, 0.2) is 0 Å². The highest BCUT2D eigenvalue weighted by molar-refractivity contribution is 7.47. The molecule has 0 aromatic rings. The molecule has 0 heterocycles. The van der Waals surface area contributed by atoms with Gasteiger partial charge in [-0.05, 0) is 12.8 Å². The molecule has 0 radical (unpaired) electrons. The second kappa shape index (κ2) is 24.5. The van der Waals surface area contributed by atoms with E-state index in [-0.39, 0.29) is 26.4 Å². The number of phosphoric ester groups is 1. The number of unbranched alkanes of at least 4 members (excludes halogenated alkanes) is 2. The fourth-order valence-corrected chi connectivity index (χ4v) is 2.72. The fourth-order valence-electron chi connectivity index (χ4n) is 2.04. The minimum absolute atomic E-state index is 0.0526. The summed E-state index contributed by atoms with van der Waals surface area (Å²) >= 11 is 0. The van der Waals surface area contributed by atoms with Crippen molar-refractivity contribution >= 4 is 7.82 Å². The second-order valence-electron chi connectivity index (χ2n) is 6.52. The molecule has 0 saturated heterocycles. The van der Waals surface area contributed by atoms with Crippen LogP contribution in [0.5, 0.6) is 0 Å². The number of rotatable bonds is 26. The van der Waals surface area contributed by atoms with E-state index in [1.165, 1.54) is 0 Å². The summed E-state index contributed by atoms with van der Waals surface area (Å²) < 4.78 is 53.3. The van der Waals surface area contributed by atoms with Crippen molar-refractivity contribution in [2.24, 2.45) is 0 Å². The summed E-state index contributed by atoms with van der Waals surface area (Å²) in [6.07, 6.45) is 4.33. The summed E-state index contributed by atoms with van der Waals surface area (Å²) in [6.45, 7) is 9.74. The zero-order chi connectivity index (χ0) is 22.9. The Hall–Kier alpha value is -0.130. The number of phosphoric acid groups is 1. The highest BCUT2D eigenvalue weighted by Crippen LogP contribution is 2.42. The highest BCUT2D eigenvalue weighted by atomic mass is 31.2. The molecule has 10 nitrogen and oxygen atoms in total. The van der Waals surface area contributed by atoms with Crippen LogP contribution in [0.3, 0.4) is 0 Å². The summed E-state index contributed by atoms with van der Waals surface area (Å²) in [5, 5.41) is 0. The Bertz CT molecular complexity index is 368. The molecule has 0 aliphatic rings. The average Bonchev–Trinajstić information content (AvgIpc) is 2.75. The van der Waals surface area contributed by atoms with Gasteiger partial charge < -0.3 is 33.3 Å². The smallest absolute Gasteiger partial charge is 0.379 e. The van der Waals surface area contributed by atoms with E-state index in [1.807, 2.05) is 0 Å². The molecule has 0 fully saturated rings. The Morgan fingerprint density at radius 2 is 0.742 bits per heavy atom. The minimum Gasteiger partial charge on any atom is -0.379 e. The van der Waals surface area contributed by atoms with Crippen molar-refractivity contribution in [3.63, 3.8) is 0 Å². The Labute approximate surface area is 187 Å². The third-order valence-corrected chi connectivity index (χ3v) is 4.75. The van der Waals surface area contributed by atoms with Crippen molar-refractivity contribution in [3.05, 3.63) is 0 Å². The van der Waals surface area contributed by atoms with E-state index < -0.39 is 7.82 Å². The quantitative estimate of drug-likeness (QED) is 0.148. The van der Waals surface area contributed by atoms with Crippen molar-refractivity contribution < 1.29 is 46.9 Å². The molecule has 0 unspecified atom stereocenters. The molecule has 0 saturated carbocycles. The first-order valence-corrected chi connectivity index (χ1v) is 12.7. The predicted octanol–water partition coefficient (Wildman–Crippen LogP) is 2.82. The first-order valence-electron chi connectivity index (χ1n) is 11.2. The number of ether oxygens (including phenoxy) is 6. The molecule has 0 aliphatic carbocycles. The van der Waals surface area contributed by atoms with Gasteiger partial charge in [-0.2, -0.15) is 0 Å². The molecule has 1 N–H and O–H groups in total. The van der Waals surface area contributed by atoms with Crippen molar-refractivity contribution in [1.29, 1.82) is 0 Å². The van der Waals surface area contributed by atoms with Gasteiger partial charge in [0.15, 0.2) is 0 Å². The second-order valence-corrected chi connectivity index (χ2v) is 7.97. The van der Waals surface area contributed by atoms with Crippen molar-refractivity contribution in [2.75, 3.05) is 92.5 Å². The lowest BCUT2D eigenvalue weighted by atomic mass is 10.4. The molecule has 0 amide bonds. The maximum Gasteiger partial charge on any atom is 0.472 e. The van der Waals surface area contributed by atoms with Crippen molar-refractivity contribution in [2.45, 2.75) is 39.5 Å². The molecule has 188 valence electrons. The van der Waals surface area contributed by atoms with Gasteiger partial charge in [0.2, 0.25) is 0 Å². The summed E-state index contributed by atoms with van der Waals surface area (Å²) in [5.41, 5.74) is 0. The number of hydrogen-bond acceptors (Lipinski definition) is 9. The van der Waals surface area contributed by atoms with Crippen LogP contribution in [-0.2, 0) is 42.0 Å². The van der Waals surface area contributed by atoms with Crippen molar-refractivity contribution in [1.82, 2.24) is 0 Å². The zero-order valence-corrected chi connectivity index (χ0v) is 20.2. The van der Waals surface area contributed by atoms with Gasteiger partial charge in [0.05, 0.1) is 79.3 Å². The van der Waals surface area contributed by atoms with E-state index in [0.717, 1.165) is 38.9 Å². The van der Waals surface area contributed by atoms with E-state index in [1.54, 1.807) is 0 Å². The highest BCUT2D eigenvalue weighted by Gasteiger charge is 2.20. The topological polar surface area (TPSA) is 111 Å². The largest absolute Gasteiger partial charge is 0.472 e. The summed E-state index contributed by atoms with van der Waals surface area (Å²) in [7, 11) is -4.11. The first kappa shape index (κ1) is 30.9. The SMILES string of the molecule is CCCCOCCOCCOCCOP(=O)(O)OCCOCCOCCOCCCC. The first-order chi connectivity index (χ1) is 15.1. The molecule has 0 rings (SSSR count).